The summed E-state index contributed by atoms with van der Waals surface area (Å²) < 4.78 is 10.6. The number of aliphatic imine (C=N–C) groups is 1. The van der Waals surface area contributed by atoms with Crippen LogP contribution >= 0.6 is 11.8 Å². The predicted octanol–water partition coefficient (Wildman–Crippen LogP) is 4.53. The number of carbonyl (C=O) groups excluding carboxylic acids is 2. The molecule has 8 heteroatoms. The number of hydrogen-bond donors (Lipinski definition) is 1. The van der Waals surface area contributed by atoms with Gasteiger partial charge in [-0.2, -0.15) is 0 Å². The standard InChI is InChI=1S/C26H31N3O4S/c1-4-20-23(25(31)33-3)24(17-6-5-7-19(12-17)32-2)29-18(14-34-26(29)28-20)13-22(30)27-21-11-15-8-9-16(21)10-15/h5-7,12,14-16,21,24H,4,8-11,13H2,1-3H3,(H,27,30)/t15-,16-,21-,24+/m0/s1. The number of allylic oxidation sites excluding steroid dienone is 1. The zero-order valence-electron chi connectivity index (χ0n) is 19.9. The molecule has 180 valence electrons. The molecule has 2 aliphatic carbocycles. The maximum atomic E-state index is 13.1. The molecule has 7 nitrogen and oxygen atoms in total. The summed E-state index contributed by atoms with van der Waals surface area (Å²) in [6.45, 7) is 1.98. The minimum absolute atomic E-state index is 0.0277. The third kappa shape index (κ3) is 4.13. The van der Waals surface area contributed by atoms with Gasteiger partial charge in [0, 0.05) is 11.7 Å². The van der Waals surface area contributed by atoms with E-state index in [4.69, 9.17) is 14.5 Å². The van der Waals surface area contributed by atoms with Gasteiger partial charge in [-0.15, -0.1) is 0 Å². The van der Waals surface area contributed by atoms with Crippen LogP contribution in [0, 0.1) is 11.8 Å². The first-order valence-corrected chi connectivity index (χ1v) is 12.9. The molecular weight excluding hydrogens is 450 g/mol. The van der Waals surface area contributed by atoms with E-state index >= 15 is 0 Å². The van der Waals surface area contributed by atoms with Crippen LogP contribution in [0.1, 0.15) is 57.1 Å². The molecule has 1 aromatic carbocycles. The van der Waals surface area contributed by atoms with Gasteiger partial charge in [-0.25, -0.2) is 9.79 Å². The summed E-state index contributed by atoms with van der Waals surface area (Å²) in [4.78, 5) is 32.9. The van der Waals surface area contributed by atoms with Gasteiger partial charge < -0.3 is 19.7 Å². The molecule has 0 unspecified atom stereocenters. The highest BCUT2D eigenvalue weighted by molar-refractivity contribution is 8.16. The molecule has 0 spiro atoms. The van der Waals surface area contributed by atoms with E-state index in [0.717, 1.165) is 28.8 Å². The number of hydrogen-bond acceptors (Lipinski definition) is 7. The summed E-state index contributed by atoms with van der Waals surface area (Å²) in [5, 5.41) is 6.06. The van der Waals surface area contributed by atoms with E-state index in [0.29, 0.717) is 35.4 Å². The molecule has 34 heavy (non-hydrogen) atoms. The van der Waals surface area contributed by atoms with Crippen molar-refractivity contribution in [3.8, 4) is 5.75 Å². The first-order chi connectivity index (χ1) is 16.5. The SMILES string of the molecule is CCC1=C(C(=O)OC)[C@@H](c2cccc(OC)c2)N2C(CC(=O)N[C@H]3C[C@H]4CC[C@H]3C4)=CSC2=N1. The fourth-order valence-corrected chi connectivity index (χ4v) is 6.82. The second kappa shape index (κ2) is 9.49. The van der Waals surface area contributed by atoms with Crippen molar-refractivity contribution >= 4 is 28.8 Å². The monoisotopic (exact) mass is 481 g/mol. The Hall–Kier alpha value is -2.74. The maximum absolute atomic E-state index is 13.1. The zero-order chi connectivity index (χ0) is 23.8. The first kappa shape index (κ1) is 23.0. The molecule has 0 radical (unpaired) electrons. The van der Waals surface area contributed by atoms with Crippen molar-refractivity contribution in [3.05, 3.63) is 52.2 Å². The van der Waals surface area contributed by atoms with E-state index in [1.54, 1.807) is 7.11 Å². The molecule has 5 rings (SSSR count). The van der Waals surface area contributed by atoms with Gasteiger partial charge in [0.25, 0.3) is 0 Å². The van der Waals surface area contributed by atoms with E-state index in [2.05, 4.69) is 5.32 Å². The van der Waals surface area contributed by atoms with Gasteiger partial charge in [0.05, 0.1) is 38.0 Å². The zero-order valence-corrected chi connectivity index (χ0v) is 20.7. The highest BCUT2D eigenvalue weighted by Crippen LogP contribution is 2.47. The number of ether oxygens (including phenoxy) is 2. The van der Waals surface area contributed by atoms with Gasteiger partial charge in [-0.3, -0.25) is 4.79 Å². The lowest BCUT2D eigenvalue weighted by atomic mass is 9.92. The van der Waals surface area contributed by atoms with Crippen LogP contribution in [0.5, 0.6) is 5.75 Å². The third-order valence-corrected chi connectivity index (χ3v) is 8.35. The van der Waals surface area contributed by atoms with Crippen molar-refractivity contribution in [2.45, 2.75) is 57.5 Å². The first-order valence-electron chi connectivity index (χ1n) is 12.0. The Morgan fingerprint density at radius 2 is 2.09 bits per heavy atom. The Morgan fingerprint density at radius 3 is 2.76 bits per heavy atom. The van der Waals surface area contributed by atoms with E-state index < -0.39 is 12.0 Å². The van der Waals surface area contributed by atoms with Crippen LogP contribution in [0.15, 0.2) is 51.6 Å². The average molecular weight is 482 g/mol. The van der Waals surface area contributed by atoms with E-state index in [-0.39, 0.29) is 12.3 Å². The molecule has 0 aromatic heterocycles. The third-order valence-electron chi connectivity index (χ3n) is 7.46. The molecule has 4 aliphatic rings. The Morgan fingerprint density at radius 1 is 1.24 bits per heavy atom. The number of amides is 1. The van der Waals surface area contributed by atoms with Gasteiger partial charge in [-0.1, -0.05) is 37.2 Å². The van der Waals surface area contributed by atoms with Crippen molar-refractivity contribution in [1.82, 2.24) is 10.2 Å². The summed E-state index contributed by atoms with van der Waals surface area (Å²) >= 11 is 1.50. The van der Waals surface area contributed by atoms with Crippen LogP contribution in [0.2, 0.25) is 0 Å². The molecule has 2 heterocycles. The Kier molecular flexibility index (Phi) is 6.42. The van der Waals surface area contributed by atoms with Crippen LogP contribution in [0.25, 0.3) is 0 Å². The smallest absolute Gasteiger partial charge is 0.338 e. The van der Waals surface area contributed by atoms with Crippen molar-refractivity contribution < 1.29 is 19.1 Å². The van der Waals surface area contributed by atoms with Gasteiger partial charge >= 0.3 is 5.97 Å². The van der Waals surface area contributed by atoms with Crippen molar-refractivity contribution in [3.63, 3.8) is 0 Å². The summed E-state index contributed by atoms with van der Waals surface area (Å²) in [5.74, 6) is 1.72. The van der Waals surface area contributed by atoms with Gasteiger partial charge in [0.15, 0.2) is 5.17 Å². The Labute approximate surface area is 204 Å². The molecule has 1 aromatic rings. The summed E-state index contributed by atoms with van der Waals surface area (Å²) in [6, 6.07) is 7.54. The number of thioether (sulfide) groups is 1. The maximum Gasteiger partial charge on any atom is 0.338 e. The topological polar surface area (TPSA) is 80.2 Å². The van der Waals surface area contributed by atoms with Crippen LogP contribution in [0.3, 0.4) is 0 Å². The van der Waals surface area contributed by atoms with E-state index in [1.165, 1.54) is 38.1 Å². The molecule has 2 bridgehead atoms. The number of nitrogens with zero attached hydrogens (tertiary/aromatic N) is 2. The molecule has 2 saturated carbocycles. The van der Waals surface area contributed by atoms with Gasteiger partial charge in [0.1, 0.15) is 5.75 Å². The second-order valence-corrected chi connectivity index (χ2v) is 10.2. The number of benzene rings is 1. The number of rotatable bonds is 7. The minimum atomic E-state index is -0.443. The van der Waals surface area contributed by atoms with Gasteiger partial charge in [-0.05, 0) is 60.6 Å². The molecular formula is C26H31N3O4S. The van der Waals surface area contributed by atoms with Crippen LogP contribution < -0.4 is 10.1 Å². The minimum Gasteiger partial charge on any atom is -0.497 e. The van der Waals surface area contributed by atoms with Crippen molar-refractivity contribution in [1.29, 1.82) is 0 Å². The quantitative estimate of drug-likeness (QED) is 0.577. The van der Waals surface area contributed by atoms with E-state index in [9.17, 15) is 9.59 Å². The van der Waals surface area contributed by atoms with Crippen molar-refractivity contribution in [2.75, 3.05) is 14.2 Å². The molecule has 0 saturated heterocycles. The van der Waals surface area contributed by atoms with Crippen LogP contribution in [0.4, 0.5) is 0 Å². The number of fused-ring (bicyclic) bond motifs is 3. The fraction of sp³-hybridized carbons (Fsp3) is 0.500. The Balaban J connectivity index is 1.45. The number of methoxy groups -OCH3 is 2. The predicted molar refractivity (Wildman–Crippen MR) is 132 cm³/mol. The normalized spacial score (nSPS) is 27.3. The lowest BCUT2D eigenvalue weighted by Gasteiger charge is -2.36. The lowest BCUT2D eigenvalue weighted by Crippen LogP contribution is -2.41. The number of nitrogens with one attached hydrogen (secondary N) is 1. The highest BCUT2D eigenvalue weighted by atomic mass is 32.2. The number of carbonyl (C=O) groups is 2. The van der Waals surface area contributed by atoms with Gasteiger partial charge in [0.2, 0.25) is 5.91 Å². The van der Waals surface area contributed by atoms with Crippen LogP contribution in [-0.2, 0) is 14.3 Å². The molecule has 2 fully saturated rings. The molecule has 4 atom stereocenters. The number of amidine groups is 1. The van der Waals surface area contributed by atoms with Crippen LogP contribution in [-0.4, -0.2) is 42.2 Å². The molecule has 1 N–H and O–H groups in total. The molecule has 1 amide bonds. The number of esters is 1. The summed E-state index contributed by atoms with van der Waals surface area (Å²) in [7, 11) is 3.02. The second-order valence-electron chi connectivity index (χ2n) is 9.40. The van der Waals surface area contributed by atoms with E-state index in [1.807, 2.05) is 41.5 Å². The largest absolute Gasteiger partial charge is 0.497 e. The summed E-state index contributed by atoms with van der Waals surface area (Å²) in [5.41, 5.74) is 2.94. The fourth-order valence-electron chi connectivity index (χ4n) is 5.88. The molecule has 2 aliphatic heterocycles. The summed E-state index contributed by atoms with van der Waals surface area (Å²) in [6.07, 6.45) is 5.72. The highest BCUT2D eigenvalue weighted by Gasteiger charge is 2.43. The van der Waals surface area contributed by atoms with Crippen molar-refractivity contribution in [2.24, 2.45) is 16.8 Å². The Bertz CT molecular complexity index is 1100. The lowest BCUT2D eigenvalue weighted by molar-refractivity contribution is -0.136. The average Bonchev–Trinajstić information content (AvgIpc) is 3.58.